The van der Waals surface area contributed by atoms with Crippen LogP contribution in [0.5, 0.6) is 0 Å². The van der Waals surface area contributed by atoms with Gasteiger partial charge in [-0.25, -0.2) is 18.1 Å². The molecule has 9 heteroatoms. The van der Waals surface area contributed by atoms with Gasteiger partial charge in [0.15, 0.2) is 5.03 Å². The first-order valence-electron chi connectivity index (χ1n) is 8.06. The van der Waals surface area contributed by atoms with E-state index >= 15 is 0 Å². The summed E-state index contributed by atoms with van der Waals surface area (Å²) < 4.78 is 34.6. The Bertz CT molecular complexity index is 924. The van der Waals surface area contributed by atoms with Crippen LogP contribution in [0, 0.1) is 0 Å². The van der Waals surface area contributed by atoms with Crippen molar-refractivity contribution in [3.05, 3.63) is 58.6 Å². The number of aromatic nitrogens is 2. The minimum atomic E-state index is -3.88. The van der Waals surface area contributed by atoms with Crippen molar-refractivity contribution in [1.29, 1.82) is 0 Å². The van der Waals surface area contributed by atoms with Crippen LogP contribution < -0.4 is 4.72 Å². The monoisotopic (exact) mass is 395 g/mol. The molecule has 0 radical (unpaired) electrons. The van der Waals surface area contributed by atoms with Crippen molar-refractivity contribution < 1.29 is 17.9 Å². The van der Waals surface area contributed by atoms with E-state index in [9.17, 15) is 13.5 Å². The lowest BCUT2D eigenvalue weighted by atomic mass is 9.95. The number of hydrogen-bond acceptors (Lipinski definition) is 6. The van der Waals surface area contributed by atoms with Gasteiger partial charge < -0.3 is 14.1 Å². The first kappa shape index (κ1) is 18.8. The predicted octanol–water partition coefficient (Wildman–Crippen LogP) is 2.41. The number of sulfonamides is 1. The van der Waals surface area contributed by atoms with Gasteiger partial charge in [-0.15, -0.1) is 11.3 Å². The van der Waals surface area contributed by atoms with Crippen LogP contribution in [0.25, 0.3) is 0 Å². The molecule has 0 saturated carbocycles. The fraction of sp³-hybridized carbons (Fsp3) is 0.353. The smallest absolute Gasteiger partial charge is 0.259 e. The molecule has 1 atom stereocenters. The highest BCUT2D eigenvalue weighted by Gasteiger charge is 2.36. The summed E-state index contributed by atoms with van der Waals surface area (Å²) in [7, 11) is -2.12. The van der Waals surface area contributed by atoms with Gasteiger partial charge in [-0.05, 0) is 17.5 Å². The number of hydrogen-bond donors (Lipinski definition) is 2. The second-order valence-electron chi connectivity index (χ2n) is 6.38. The van der Waals surface area contributed by atoms with E-state index in [0.29, 0.717) is 16.3 Å². The van der Waals surface area contributed by atoms with Crippen LogP contribution in [0.3, 0.4) is 0 Å². The standard InChI is InChI=1S/C17H21N3O4S2/c1-12(2)16-19-15(9-20(16)3)26(22,23)18-11-17(21,13-6-7-24-10-13)14-5-4-8-25-14/h4-10,12,18,21H,11H2,1-3H3. The molecule has 0 spiro atoms. The number of imidazole rings is 1. The zero-order valence-corrected chi connectivity index (χ0v) is 16.3. The number of aryl methyl sites for hydroxylation is 1. The average Bonchev–Trinajstić information content (AvgIpc) is 3.32. The van der Waals surface area contributed by atoms with Crippen LogP contribution >= 0.6 is 11.3 Å². The summed E-state index contributed by atoms with van der Waals surface area (Å²) in [6, 6.07) is 5.17. The third kappa shape index (κ3) is 3.48. The summed E-state index contributed by atoms with van der Waals surface area (Å²) in [6.45, 7) is 3.66. The molecule has 3 rings (SSSR count). The Morgan fingerprint density at radius 2 is 2.19 bits per heavy atom. The van der Waals surface area contributed by atoms with E-state index in [-0.39, 0.29) is 17.5 Å². The Labute approximate surface area is 156 Å². The Morgan fingerprint density at radius 3 is 2.73 bits per heavy atom. The van der Waals surface area contributed by atoms with Gasteiger partial charge in [-0.3, -0.25) is 0 Å². The second kappa shape index (κ2) is 6.99. The van der Waals surface area contributed by atoms with Crippen LogP contribution in [0.1, 0.15) is 36.0 Å². The predicted molar refractivity (Wildman–Crippen MR) is 98.5 cm³/mol. The molecule has 3 aromatic heterocycles. The van der Waals surface area contributed by atoms with Gasteiger partial charge in [-0.2, -0.15) is 0 Å². The van der Waals surface area contributed by atoms with Crippen molar-refractivity contribution in [2.45, 2.75) is 30.4 Å². The SMILES string of the molecule is CC(C)c1nc(S(=O)(=O)NCC(O)(c2ccoc2)c2cccs2)cn1C. The van der Waals surface area contributed by atoms with Gasteiger partial charge in [0, 0.05) is 36.1 Å². The molecule has 0 bridgehead atoms. The van der Waals surface area contributed by atoms with Crippen LogP contribution in [0.2, 0.25) is 0 Å². The number of rotatable bonds is 7. The molecule has 0 amide bonds. The molecule has 26 heavy (non-hydrogen) atoms. The molecule has 2 N–H and O–H groups in total. The van der Waals surface area contributed by atoms with Crippen LogP contribution in [-0.4, -0.2) is 29.6 Å². The number of nitrogens with one attached hydrogen (secondary N) is 1. The third-order valence-electron chi connectivity index (χ3n) is 4.13. The van der Waals surface area contributed by atoms with Crippen molar-refractivity contribution in [3.63, 3.8) is 0 Å². The summed E-state index contributed by atoms with van der Waals surface area (Å²) in [6.07, 6.45) is 4.32. The molecule has 1 unspecified atom stereocenters. The highest BCUT2D eigenvalue weighted by atomic mass is 32.2. The van der Waals surface area contributed by atoms with Crippen LogP contribution in [-0.2, 0) is 22.7 Å². The van der Waals surface area contributed by atoms with E-state index in [4.69, 9.17) is 4.42 Å². The summed E-state index contributed by atoms with van der Waals surface area (Å²) in [5.74, 6) is 0.770. The molecule has 3 heterocycles. The minimum absolute atomic E-state index is 0.0653. The molecule has 3 aromatic rings. The van der Waals surface area contributed by atoms with E-state index in [1.54, 1.807) is 29.8 Å². The van der Waals surface area contributed by atoms with Gasteiger partial charge in [0.25, 0.3) is 10.0 Å². The van der Waals surface area contributed by atoms with Gasteiger partial charge in [0.1, 0.15) is 11.4 Å². The van der Waals surface area contributed by atoms with E-state index in [1.165, 1.54) is 30.1 Å². The lowest BCUT2D eigenvalue weighted by Gasteiger charge is -2.26. The van der Waals surface area contributed by atoms with Gasteiger partial charge in [0.2, 0.25) is 0 Å². The fourth-order valence-electron chi connectivity index (χ4n) is 2.74. The number of nitrogens with zero attached hydrogens (tertiary/aromatic N) is 2. The van der Waals surface area contributed by atoms with Gasteiger partial charge in [-0.1, -0.05) is 19.9 Å². The van der Waals surface area contributed by atoms with E-state index in [2.05, 4.69) is 9.71 Å². The normalized spacial score (nSPS) is 14.7. The maximum Gasteiger partial charge on any atom is 0.259 e. The quantitative estimate of drug-likeness (QED) is 0.640. The van der Waals surface area contributed by atoms with Crippen molar-refractivity contribution in [2.75, 3.05) is 6.54 Å². The van der Waals surface area contributed by atoms with E-state index in [0.717, 1.165) is 0 Å². The molecular formula is C17H21N3O4S2. The summed E-state index contributed by atoms with van der Waals surface area (Å²) >= 11 is 1.34. The highest BCUT2D eigenvalue weighted by Crippen LogP contribution is 2.33. The maximum absolute atomic E-state index is 12.7. The second-order valence-corrected chi connectivity index (χ2v) is 9.04. The molecule has 0 fully saturated rings. The maximum atomic E-state index is 12.7. The molecule has 140 valence electrons. The summed E-state index contributed by atoms with van der Waals surface area (Å²) in [5, 5.41) is 12.9. The zero-order valence-electron chi connectivity index (χ0n) is 14.7. The molecular weight excluding hydrogens is 374 g/mol. The molecule has 0 aliphatic carbocycles. The first-order chi connectivity index (χ1) is 12.2. The van der Waals surface area contributed by atoms with Crippen molar-refractivity contribution in [3.8, 4) is 0 Å². The molecule has 7 nitrogen and oxygen atoms in total. The van der Waals surface area contributed by atoms with Gasteiger partial charge >= 0.3 is 0 Å². The largest absolute Gasteiger partial charge is 0.472 e. The lowest BCUT2D eigenvalue weighted by Crippen LogP contribution is -2.41. The fourth-order valence-corrected chi connectivity index (χ4v) is 4.64. The molecule has 0 aliphatic rings. The van der Waals surface area contributed by atoms with Crippen LogP contribution in [0.15, 0.2) is 51.7 Å². The van der Waals surface area contributed by atoms with Crippen molar-refractivity contribution >= 4 is 21.4 Å². The van der Waals surface area contributed by atoms with E-state index in [1.807, 2.05) is 19.2 Å². The number of aliphatic hydroxyl groups is 1. The highest BCUT2D eigenvalue weighted by molar-refractivity contribution is 7.89. The summed E-state index contributed by atoms with van der Waals surface area (Å²) in [5.41, 5.74) is -1.05. The van der Waals surface area contributed by atoms with Crippen LogP contribution in [0.4, 0.5) is 0 Å². The Balaban J connectivity index is 1.89. The number of thiophene rings is 1. The molecule has 0 saturated heterocycles. The minimum Gasteiger partial charge on any atom is -0.472 e. The Morgan fingerprint density at radius 1 is 1.42 bits per heavy atom. The van der Waals surface area contributed by atoms with E-state index < -0.39 is 15.6 Å². The molecule has 0 aromatic carbocycles. The average molecular weight is 396 g/mol. The zero-order chi connectivity index (χ0) is 18.9. The first-order valence-corrected chi connectivity index (χ1v) is 10.4. The lowest BCUT2D eigenvalue weighted by molar-refractivity contribution is 0.0891. The van der Waals surface area contributed by atoms with Crippen molar-refractivity contribution in [1.82, 2.24) is 14.3 Å². The topological polar surface area (TPSA) is 97.4 Å². The molecule has 0 aliphatic heterocycles. The van der Waals surface area contributed by atoms with Crippen molar-refractivity contribution in [2.24, 2.45) is 7.05 Å². The third-order valence-corrected chi connectivity index (χ3v) is 6.42. The Kier molecular flexibility index (Phi) is 5.07. The summed E-state index contributed by atoms with van der Waals surface area (Å²) in [4.78, 5) is 4.84. The Hall–Kier alpha value is -1.94. The number of furan rings is 1. The van der Waals surface area contributed by atoms with Gasteiger partial charge in [0.05, 0.1) is 12.5 Å².